The van der Waals surface area contributed by atoms with Crippen LogP contribution in [0.15, 0.2) is 0 Å². The molecule has 0 spiro atoms. The molecule has 1 aliphatic heterocycles. The van der Waals surface area contributed by atoms with Gasteiger partial charge in [0, 0.05) is 36.8 Å². The fourth-order valence-electron chi connectivity index (χ4n) is 3.08. The molecule has 2 heteroatoms. The molecule has 2 nitrogen and oxygen atoms in total. The first-order valence-electron chi connectivity index (χ1n) is 6.78. The molecule has 0 N–H and O–H groups in total. The van der Waals surface area contributed by atoms with Gasteiger partial charge in [-0.05, 0) is 54.9 Å². The van der Waals surface area contributed by atoms with Crippen LogP contribution in [-0.2, 0) is 0 Å². The third-order valence-electron chi connectivity index (χ3n) is 4.07. The minimum atomic E-state index is 0.339. The minimum absolute atomic E-state index is 0.339. The highest BCUT2D eigenvalue weighted by atomic mass is 15.3. The summed E-state index contributed by atoms with van der Waals surface area (Å²) in [4.78, 5) is 5.31. The van der Waals surface area contributed by atoms with Crippen LogP contribution >= 0.6 is 0 Å². The van der Waals surface area contributed by atoms with Crippen molar-refractivity contribution in [1.29, 1.82) is 0 Å². The van der Waals surface area contributed by atoms with E-state index in [0.717, 1.165) is 0 Å². The number of rotatable bonds is 2. The van der Waals surface area contributed by atoms with Crippen LogP contribution in [0, 0.1) is 0 Å². The van der Waals surface area contributed by atoms with Gasteiger partial charge in [0.05, 0.1) is 0 Å². The van der Waals surface area contributed by atoms with E-state index < -0.39 is 0 Å². The Bertz CT molecular complexity index is 221. The van der Waals surface area contributed by atoms with Crippen molar-refractivity contribution in [3.8, 4) is 0 Å². The summed E-state index contributed by atoms with van der Waals surface area (Å²) in [5, 5.41) is 0. The average Bonchev–Trinajstić information content (AvgIpc) is 2.23. The maximum absolute atomic E-state index is 2.67. The Morgan fingerprint density at radius 3 is 2.06 bits per heavy atom. The lowest BCUT2D eigenvalue weighted by molar-refractivity contribution is 0.0793. The Morgan fingerprint density at radius 2 is 1.62 bits per heavy atom. The molecule has 1 fully saturated rings. The molecule has 0 radical (unpaired) electrons. The van der Waals surface area contributed by atoms with Crippen molar-refractivity contribution < 1.29 is 0 Å². The van der Waals surface area contributed by atoms with Crippen LogP contribution in [0.2, 0.25) is 0 Å². The van der Waals surface area contributed by atoms with Gasteiger partial charge in [-0.3, -0.25) is 9.80 Å². The maximum atomic E-state index is 2.67. The summed E-state index contributed by atoms with van der Waals surface area (Å²) >= 11 is 0. The molecule has 1 atom stereocenters. The lowest BCUT2D eigenvalue weighted by atomic mass is 9.97. The monoisotopic (exact) mass is 226 g/mol. The highest BCUT2D eigenvalue weighted by Crippen LogP contribution is 2.27. The van der Waals surface area contributed by atoms with Crippen molar-refractivity contribution in [3.05, 3.63) is 0 Å². The highest BCUT2D eigenvalue weighted by Gasteiger charge is 2.35. The van der Waals surface area contributed by atoms with Crippen molar-refractivity contribution >= 4 is 0 Å². The van der Waals surface area contributed by atoms with E-state index in [1.807, 2.05) is 0 Å². The van der Waals surface area contributed by atoms with Gasteiger partial charge in [0.25, 0.3) is 0 Å². The summed E-state index contributed by atoms with van der Waals surface area (Å²) in [6, 6.07) is 1.98. The Balaban J connectivity index is 2.84. The summed E-state index contributed by atoms with van der Waals surface area (Å²) in [6.45, 7) is 18.9. The van der Waals surface area contributed by atoms with Gasteiger partial charge in [-0.25, -0.2) is 0 Å². The topological polar surface area (TPSA) is 6.48 Å². The Hall–Kier alpha value is -0.0800. The summed E-state index contributed by atoms with van der Waals surface area (Å²) in [5.74, 6) is 0. The standard InChI is InChI=1S/C14H30N2/c1-11(2)15-9-8-14(6,7)16(12(3)4)10-13(15)5/h11-13H,8-10H2,1-7H3/t13-/m0/s1. The first-order valence-corrected chi connectivity index (χ1v) is 6.78. The van der Waals surface area contributed by atoms with Crippen molar-refractivity contribution in [2.45, 2.75) is 78.6 Å². The SMILES string of the molecule is CC(C)N1CCC(C)(C)N(C(C)C)C[C@@H]1C. The van der Waals surface area contributed by atoms with Crippen LogP contribution in [0.1, 0.15) is 54.9 Å². The van der Waals surface area contributed by atoms with Gasteiger partial charge in [-0.15, -0.1) is 0 Å². The largest absolute Gasteiger partial charge is 0.297 e. The van der Waals surface area contributed by atoms with E-state index in [1.165, 1.54) is 19.5 Å². The fraction of sp³-hybridized carbons (Fsp3) is 1.00. The molecule has 1 heterocycles. The molecule has 0 saturated carbocycles. The second-order valence-corrected chi connectivity index (χ2v) is 6.49. The third kappa shape index (κ3) is 2.98. The minimum Gasteiger partial charge on any atom is -0.297 e. The van der Waals surface area contributed by atoms with E-state index in [2.05, 4.69) is 58.3 Å². The molecule has 96 valence electrons. The predicted octanol–water partition coefficient (Wildman–Crippen LogP) is 2.98. The smallest absolute Gasteiger partial charge is 0.0197 e. The van der Waals surface area contributed by atoms with Crippen molar-refractivity contribution in [1.82, 2.24) is 9.80 Å². The summed E-state index contributed by atoms with van der Waals surface area (Å²) in [6.07, 6.45) is 1.27. The Labute approximate surface area is 102 Å². The molecule has 1 saturated heterocycles. The molecule has 16 heavy (non-hydrogen) atoms. The van der Waals surface area contributed by atoms with Gasteiger partial charge in [-0.1, -0.05) is 0 Å². The van der Waals surface area contributed by atoms with E-state index in [0.29, 0.717) is 23.7 Å². The first-order chi connectivity index (χ1) is 7.25. The van der Waals surface area contributed by atoms with Crippen LogP contribution in [0.25, 0.3) is 0 Å². The quantitative estimate of drug-likeness (QED) is 0.714. The Morgan fingerprint density at radius 1 is 1.06 bits per heavy atom. The van der Waals surface area contributed by atoms with Crippen LogP contribution < -0.4 is 0 Å². The van der Waals surface area contributed by atoms with Gasteiger partial charge in [-0.2, -0.15) is 0 Å². The molecular weight excluding hydrogens is 196 g/mol. The number of hydrogen-bond donors (Lipinski definition) is 0. The average molecular weight is 226 g/mol. The number of nitrogens with zero attached hydrogens (tertiary/aromatic N) is 2. The summed E-state index contributed by atoms with van der Waals surface area (Å²) in [5.41, 5.74) is 0.339. The van der Waals surface area contributed by atoms with Crippen LogP contribution in [0.5, 0.6) is 0 Å². The van der Waals surface area contributed by atoms with Crippen LogP contribution in [0.3, 0.4) is 0 Å². The van der Waals surface area contributed by atoms with E-state index in [-0.39, 0.29) is 0 Å². The van der Waals surface area contributed by atoms with Crippen molar-refractivity contribution in [2.24, 2.45) is 0 Å². The normalized spacial score (nSPS) is 28.7. The van der Waals surface area contributed by atoms with Crippen LogP contribution in [0.4, 0.5) is 0 Å². The summed E-state index contributed by atoms with van der Waals surface area (Å²) in [7, 11) is 0. The predicted molar refractivity (Wildman–Crippen MR) is 71.8 cm³/mol. The van der Waals surface area contributed by atoms with Gasteiger partial charge in [0.2, 0.25) is 0 Å². The zero-order valence-corrected chi connectivity index (χ0v) is 12.2. The molecule has 0 aromatic heterocycles. The molecule has 0 aromatic carbocycles. The molecule has 0 bridgehead atoms. The maximum Gasteiger partial charge on any atom is 0.0197 e. The van der Waals surface area contributed by atoms with E-state index in [9.17, 15) is 0 Å². The van der Waals surface area contributed by atoms with Gasteiger partial charge >= 0.3 is 0 Å². The molecule has 1 aliphatic rings. The number of hydrogen-bond acceptors (Lipinski definition) is 2. The van der Waals surface area contributed by atoms with E-state index in [1.54, 1.807) is 0 Å². The van der Waals surface area contributed by atoms with Gasteiger partial charge in [0.15, 0.2) is 0 Å². The van der Waals surface area contributed by atoms with Gasteiger partial charge < -0.3 is 0 Å². The highest BCUT2D eigenvalue weighted by molar-refractivity contribution is 4.91. The van der Waals surface area contributed by atoms with Crippen LogP contribution in [-0.4, -0.2) is 46.6 Å². The third-order valence-corrected chi connectivity index (χ3v) is 4.07. The zero-order valence-electron chi connectivity index (χ0n) is 12.2. The second kappa shape index (κ2) is 5.05. The molecule has 0 amide bonds. The molecular formula is C14H30N2. The lowest BCUT2D eigenvalue weighted by Crippen LogP contribution is -2.50. The molecule has 0 aliphatic carbocycles. The van der Waals surface area contributed by atoms with Crippen molar-refractivity contribution in [2.75, 3.05) is 13.1 Å². The lowest BCUT2D eigenvalue weighted by Gasteiger charge is -2.40. The fourth-order valence-corrected chi connectivity index (χ4v) is 3.08. The Kier molecular flexibility index (Phi) is 4.42. The van der Waals surface area contributed by atoms with E-state index in [4.69, 9.17) is 0 Å². The zero-order chi connectivity index (χ0) is 12.5. The summed E-state index contributed by atoms with van der Waals surface area (Å²) < 4.78 is 0. The molecule has 0 aromatic rings. The molecule has 0 unspecified atom stereocenters. The van der Waals surface area contributed by atoms with E-state index >= 15 is 0 Å². The second-order valence-electron chi connectivity index (χ2n) is 6.49. The molecule has 1 rings (SSSR count). The van der Waals surface area contributed by atoms with Crippen molar-refractivity contribution in [3.63, 3.8) is 0 Å². The first kappa shape index (κ1) is 14.0. The van der Waals surface area contributed by atoms with Gasteiger partial charge in [0.1, 0.15) is 0 Å².